The molecule has 0 aliphatic carbocycles. The van der Waals surface area contributed by atoms with Gasteiger partial charge in [0.2, 0.25) is 0 Å². The summed E-state index contributed by atoms with van der Waals surface area (Å²) in [6, 6.07) is 15.9. The Morgan fingerprint density at radius 3 is 2.41 bits per heavy atom. The summed E-state index contributed by atoms with van der Waals surface area (Å²) in [5, 5.41) is 5.27. The first-order chi connectivity index (χ1) is 13.9. The molecular formula is C21H21N3O4S. The van der Waals surface area contributed by atoms with Crippen molar-refractivity contribution < 1.29 is 13.2 Å². The Balaban J connectivity index is 1.78. The van der Waals surface area contributed by atoms with Crippen LogP contribution in [-0.4, -0.2) is 53.6 Å². The van der Waals surface area contributed by atoms with Crippen molar-refractivity contribution in [2.45, 2.75) is 19.0 Å². The van der Waals surface area contributed by atoms with Crippen molar-refractivity contribution in [2.75, 3.05) is 18.6 Å². The number of rotatable bonds is 4. The summed E-state index contributed by atoms with van der Waals surface area (Å²) in [6.45, 7) is 0.242. The quantitative estimate of drug-likeness (QED) is 0.652. The average molecular weight is 411 g/mol. The molecule has 0 unspecified atom stereocenters. The normalized spacial score (nSPS) is 18.0. The number of fused-ring (bicyclic) bond motifs is 1. The van der Waals surface area contributed by atoms with Crippen LogP contribution in [0.4, 0.5) is 0 Å². The molecule has 0 radical (unpaired) electrons. The number of carbonyl (C=O) groups excluding carboxylic acids is 1. The molecule has 2 heterocycles. The van der Waals surface area contributed by atoms with Crippen molar-refractivity contribution >= 4 is 26.5 Å². The first kappa shape index (κ1) is 19.3. The summed E-state index contributed by atoms with van der Waals surface area (Å²) in [6.07, 6.45) is 0.409. The highest BCUT2D eigenvalue weighted by Crippen LogP contribution is 2.21. The molecule has 4 rings (SSSR count). The number of benzene rings is 2. The standard InChI is InChI=1S/C21H21N3O4S/c1-23(16-11-12-29(27,28)14-16)21(26)19-17-9-5-6-10-18(17)20(25)24(22-19)13-15-7-3-2-4-8-15/h2-10,16H,11-14H2,1H3/t16-/m0/s1. The summed E-state index contributed by atoms with van der Waals surface area (Å²) >= 11 is 0. The highest BCUT2D eigenvalue weighted by Gasteiger charge is 2.34. The smallest absolute Gasteiger partial charge is 0.274 e. The van der Waals surface area contributed by atoms with Crippen molar-refractivity contribution in [3.05, 3.63) is 76.2 Å². The lowest BCUT2D eigenvalue weighted by Crippen LogP contribution is -2.39. The number of carbonyl (C=O) groups is 1. The van der Waals surface area contributed by atoms with Crippen molar-refractivity contribution in [1.82, 2.24) is 14.7 Å². The molecule has 1 amide bonds. The lowest BCUT2D eigenvalue weighted by atomic mass is 10.1. The monoisotopic (exact) mass is 411 g/mol. The second-order valence-corrected chi connectivity index (χ2v) is 9.54. The molecule has 0 spiro atoms. The average Bonchev–Trinajstić information content (AvgIpc) is 3.09. The van der Waals surface area contributed by atoms with Gasteiger partial charge in [0.25, 0.3) is 11.5 Å². The number of hydrogen-bond acceptors (Lipinski definition) is 5. The van der Waals surface area contributed by atoms with Gasteiger partial charge in [-0.2, -0.15) is 5.10 Å². The third-order valence-electron chi connectivity index (χ3n) is 5.32. The summed E-state index contributed by atoms with van der Waals surface area (Å²) in [5.74, 6) is -0.349. The minimum atomic E-state index is -3.12. The molecule has 7 nitrogen and oxygen atoms in total. The summed E-state index contributed by atoms with van der Waals surface area (Å²) < 4.78 is 24.9. The Bertz CT molecular complexity index is 1240. The molecule has 1 saturated heterocycles. The van der Waals surface area contributed by atoms with Gasteiger partial charge >= 0.3 is 0 Å². The molecule has 1 aliphatic rings. The van der Waals surface area contributed by atoms with Crippen LogP contribution in [0.2, 0.25) is 0 Å². The minimum Gasteiger partial charge on any atom is -0.336 e. The maximum absolute atomic E-state index is 13.2. The van der Waals surface area contributed by atoms with Crippen molar-refractivity contribution in [2.24, 2.45) is 0 Å². The molecule has 3 aromatic rings. The number of sulfone groups is 1. The molecule has 0 bridgehead atoms. The van der Waals surface area contributed by atoms with E-state index in [0.29, 0.717) is 17.2 Å². The molecule has 8 heteroatoms. The van der Waals surface area contributed by atoms with E-state index in [-0.39, 0.29) is 41.3 Å². The fourth-order valence-corrected chi connectivity index (χ4v) is 5.44. The van der Waals surface area contributed by atoms with Gasteiger partial charge < -0.3 is 4.90 Å². The minimum absolute atomic E-state index is 0.0448. The van der Waals surface area contributed by atoms with E-state index in [9.17, 15) is 18.0 Å². The van der Waals surface area contributed by atoms with Crippen molar-refractivity contribution in [3.63, 3.8) is 0 Å². The van der Waals surface area contributed by atoms with Gasteiger partial charge in [0.15, 0.2) is 15.5 Å². The van der Waals surface area contributed by atoms with E-state index < -0.39 is 9.84 Å². The van der Waals surface area contributed by atoms with Gasteiger partial charge in [0.1, 0.15) is 0 Å². The number of aromatic nitrogens is 2. The van der Waals surface area contributed by atoms with Gasteiger partial charge in [-0.25, -0.2) is 13.1 Å². The molecule has 29 heavy (non-hydrogen) atoms. The second-order valence-electron chi connectivity index (χ2n) is 7.32. The zero-order valence-corrected chi connectivity index (χ0v) is 16.8. The molecule has 2 aromatic carbocycles. The van der Waals surface area contributed by atoms with Crippen LogP contribution < -0.4 is 5.56 Å². The zero-order chi connectivity index (χ0) is 20.6. The van der Waals surface area contributed by atoms with E-state index in [4.69, 9.17) is 0 Å². The van der Waals surface area contributed by atoms with E-state index in [1.807, 2.05) is 30.3 Å². The number of nitrogens with zero attached hydrogens (tertiary/aromatic N) is 3. The topological polar surface area (TPSA) is 89.3 Å². The first-order valence-electron chi connectivity index (χ1n) is 9.37. The Labute approximate surface area is 168 Å². The maximum Gasteiger partial charge on any atom is 0.274 e. The van der Waals surface area contributed by atoms with E-state index in [0.717, 1.165) is 5.56 Å². The van der Waals surface area contributed by atoms with Crippen LogP contribution in [-0.2, 0) is 16.4 Å². The molecule has 0 N–H and O–H groups in total. The van der Waals surface area contributed by atoms with Gasteiger partial charge in [-0.05, 0) is 18.1 Å². The SMILES string of the molecule is CN(C(=O)c1nn(Cc2ccccc2)c(=O)c2ccccc12)[C@H]1CCS(=O)(=O)C1. The number of amides is 1. The van der Waals surface area contributed by atoms with E-state index in [1.165, 1.54) is 9.58 Å². The third-order valence-corrected chi connectivity index (χ3v) is 7.07. The molecule has 0 saturated carbocycles. The lowest BCUT2D eigenvalue weighted by molar-refractivity contribution is 0.0741. The summed E-state index contributed by atoms with van der Waals surface area (Å²) in [7, 11) is -1.53. The van der Waals surface area contributed by atoms with Crippen LogP contribution in [0, 0.1) is 0 Å². The first-order valence-corrected chi connectivity index (χ1v) is 11.2. The van der Waals surface area contributed by atoms with Crippen molar-refractivity contribution in [1.29, 1.82) is 0 Å². The molecule has 1 aliphatic heterocycles. The van der Waals surface area contributed by atoms with Crippen molar-refractivity contribution in [3.8, 4) is 0 Å². The highest BCUT2D eigenvalue weighted by molar-refractivity contribution is 7.91. The van der Waals surface area contributed by atoms with Crippen LogP contribution >= 0.6 is 0 Å². The fourth-order valence-electron chi connectivity index (χ4n) is 3.67. The van der Waals surface area contributed by atoms with Gasteiger partial charge in [0, 0.05) is 18.5 Å². The Kier molecular flexibility index (Phi) is 4.96. The predicted octanol–water partition coefficient (Wildman–Crippen LogP) is 1.70. The lowest BCUT2D eigenvalue weighted by Gasteiger charge is -2.23. The maximum atomic E-state index is 13.2. The Morgan fingerprint density at radius 2 is 1.76 bits per heavy atom. The van der Waals surface area contributed by atoms with Crippen LogP contribution in [0.3, 0.4) is 0 Å². The molecule has 1 fully saturated rings. The second kappa shape index (κ2) is 7.44. The van der Waals surface area contributed by atoms with Gasteiger partial charge in [-0.15, -0.1) is 0 Å². The van der Waals surface area contributed by atoms with Crippen LogP contribution in [0.1, 0.15) is 22.5 Å². The largest absolute Gasteiger partial charge is 0.336 e. The Morgan fingerprint density at radius 1 is 1.10 bits per heavy atom. The van der Waals surface area contributed by atoms with E-state index in [1.54, 1.807) is 31.3 Å². The highest BCUT2D eigenvalue weighted by atomic mass is 32.2. The fraction of sp³-hybridized carbons (Fsp3) is 0.286. The van der Waals surface area contributed by atoms with E-state index >= 15 is 0 Å². The summed E-state index contributed by atoms with van der Waals surface area (Å²) in [5.41, 5.74) is 0.779. The molecule has 150 valence electrons. The van der Waals surface area contributed by atoms with Gasteiger partial charge in [0.05, 0.1) is 23.4 Å². The van der Waals surface area contributed by atoms with E-state index in [2.05, 4.69) is 5.10 Å². The molecule has 1 atom stereocenters. The van der Waals surface area contributed by atoms with Gasteiger partial charge in [-0.3, -0.25) is 9.59 Å². The predicted molar refractivity (Wildman–Crippen MR) is 111 cm³/mol. The van der Waals surface area contributed by atoms with Crippen LogP contribution in [0.15, 0.2) is 59.4 Å². The zero-order valence-electron chi connectivity index (χ0n) is 16.0. The number of hydrogen-bond donors (Lipinski definition) is 0. The summed E-state index contributed by atoms with van der Waals surface area (Å²) in [4.78, 5) is 27.6. The van der Waals surface area contributed by atoms with Crippen LogP contribution in [0.25, 0.3) is 10.8 Å². The Hall–Kier alpha value is -3.00. The molecule has 1 aromatic heterocycles. The van der Waals surface area contributed by atoms with Gasteiger partial charge in [-0.1, -0.05) is 48.5 Å². The third kappa shape index (κ3) is 3.80. The van der Waals surface area contributed by atoms with Crippen LogP contribution in [0.5, 0.6) is 0 Å². The molecular weight excluding hydrogens is 390 g/mol.